The minimum atomic E-state index is -3.54. The molecule has 1 aliphatic heterocycles. The number of carbonyl (C=O) groups excluding carboxylic acids is 1. The third kappa shape index (κ3) is 3.54. The lowest BCUT2D eigenvalue weighted by Gasteiger charge is -2.32. The molecule has 2 rings (SSSR count). The third-order valence-electron chi connectivity index (χ3n) is 3.67. The number of hydrogen-bond donors (Lipinski definition) is 2. The molecule has 0 spiro atoms. The Kier molecular flexibility index (Phi) is 4.53. The van der Waals surface area contributed by atoms with Crippen LogP contribution < -0.4 is 11.1 Å². The van der Waals surface area contributed by atoms with Gasteiger partial charge in [-0.3, -0.25) is 4.79 Å². The Labute approximate surface area is 125 Å². The fraction of sp³-hybridized carbons (Fsp3) is 0.500. The summed E-state index contributed by atoms with van der Waals surface area (Å²) in [5, 5.41) is 2.79. The largest absolute Gasteiger partial charge is 0.399 e. The molecular formula is C14H21N3O3S. The molecule has 0 aliphatic carbocycles. The number of nitrogens with one attached hydrogen (secondary N) is 1. The molecule has 1 unspecified atom stereocenters. The van der Waals surface area contributed by atoms with Crippen LogP contribution in [-0.4, -0.2) is 37.8 Å². The molecule has 6 nitrogen and oxygen atoms in total. The van der Waals surface area contributed by atoms with Crippen LogP contribution in [0, 0.1) is 6.92 Å². The molecular weight excluding hydrogens is 290 g/mol. The van der Waals surface area contributed by atoms with Gasteiger partial charge in [0.1, 0.15) is 0 Å². The monoisotopic (exact) mass is 311 g/mol. The number of nitrogens with two attached hydrogens (primary N) is 1. The number of hydrogen-bond acceptors (Lipinski definition) is 4. The van der Waals surface area contributed by atoms with E-state index in [0.29, 0.717) is 18.8 Å². The van der Waals surface area contributed by atoms with Crippen LogP contribution in [0.15, 0.2) is 23.1 Å². The molecule has 116 valence electrons. The number of rotatable bonds is 3. The summed E-state index contributed by atoms with van der Waals surface area (Å²) in [4.78, 5) is 11.4. The summed E-state index contributed by atoms with van der Waals surface area (Å²) in [6.45, 7) is 4.01. The summed E-state index contributed by atoms with van der Waals surface area (Å²) < 4.78 is 26.7. The highest BCUT2D eigenvalue weighted by molar-refractivity contribution is 7.89. The molecule has 21 heavy (non-hydrogen) atoms. The lowest BCUT2D eigenvalue weighted by molar-refractivity contribution is -0.119. The van der Waals surface area contributed by atoms with Gasteiger partial charge < -0.3 is 11.1 Å². The van der Waals surface area contributed by atoms with E-state index >= 15 is 0 Å². The topological polar surface area (TPSA) is 92.5 Å². The molecule has 1 heterocycles. The van der Waals surface area contributed by atoms with Gasteiger partial charge in [0.15, 0.2) is 0 Å². The highest BCUT2D eigenvalue weighted by atomic mass is 32.2. The number of nitrogens with zero attached hydrogens (tertiary/aromatic N) is 1. The first-order valence-electron chi connectivity index (χ1n) is 6.94. The van der Waals surface area contributed by atoms with E-state index in [-0.39, 0.29) is 16.8 Å². The fourth-order valence-corrected chi connectivity index (χ4v) is 4.13. The normalized spacial score (nSPS) is 20.2. The van der Waals surface area contributed by atoms with Crippen molar-refractivity contribution < 1.29 is 13.2 Å². The van der Waals surface area contributed by atoms with Crippen molar-refractivity contribution in [3.8, 4) is 0 Å². The predicted octanol–water partition coefficient (Wildman–Crippen LogP) is 0.866. The minimum absolute atomic E-state index is 0.124. The Morgan fingerprint density at radius 3 is 2.76 bits per heavy atom. The predicted molar refractivity (Wildman–Crippen MR) is 81.2 cm³/mol. The SMILES string of the molecule is CC(=O)NC1CCCN(S(=O)(=O)c2ccc(N)c(C)c2)C1. The highest BCUT2D eigenvalue weighted by Crippen LogP contribution is 2.23. The summed E-state index contributed by atoms with van der Waals surface area (Å²) >= 11 is 0. The first-order chi connectivity index (χ1) is 9.80. The number of amides is 1. The molecule has 1 amide bonds. The van der Waals surface area contributed by atoms with E-state index in [4.69, 9.17) is 5.73 Å². The highest BCUT2D eigenvalue weighted by Gasteiger charge is 2.30. The van der Waals surface area contributed by atoms with Gasteiger partial charge in [-0.05, 0) is 43.5 Å². The number of anilines is 1. The van der Waals surface area contributed by atoms with Crippen molar-refractivity contribution in [2.75, 3.05) is 18.8 Å². The Morgan fingerprint density at radius 2 is 2.14 bits per heavy atom. The Hall–Kier alpha value is -1.60. The first-order valence-corrected chi connectivity index (χ1v) is 8.38. The zero-order valence-electron chi connectivity index (χ0n) is 12.3. The lowest BCUT2D eigenvalue weighted by Crippen LogP contribution is -2.49. The summed E-state index contributed by atoms with van der Waals surface area (Å²) in [6, 6.07) is 4.60. The zero-order valence-corrected chi connectivity index (χ0v) is 13.1. The van der Waals surface area contributed by atoms with Gasteiger partial charge in [-0.15, -0.1) is 0 Å². The second kappa shape index (κ2) is 6.03. The van der Waals surface area contributed by atoms with Crippen molar-refractivity contribution in [1.82, 2.24) is 9.62 Å². The van der Waals surface area contributed by atoms with Gasteiger partial charge in [0.25, 0.3) is 0 Å². The van der Waals surface area contributed by atoms with Crippen LogP contribution in [0.5, 0.6) is 0 Å². The molecule has 1 aromatic carbocycles. The van der Waals surface area contributed by atoms with Gasteiger partial charge >= 0.3 is 0 Å². The fourth-order valence-electron chi connectivity index (χ4n) is 2.52. The Morgan fingerprint density at radius 1 is 1.43 bits per heavy atom. The van der Waals surface area contributed by atoms with Gasteiger partial charge in [0.05, 0.1) is 4.90 Å². The summed E-state index contributed by atoms with van der Waals surface area (Å²) in [7, 11) is -3.54. The van der Waals surface area contributed by atoms with Crippen molar-refractivity contribution in [2.24, 2.45) is 0 Å². The van der Waals surface area contributed by atoms with E-state index in [1.54, 1.807) is 19.1 Å². The average molecular weight is 311 g/mol. The lowest BCUT2D eigenvalue weighted by atomic mass is 10.1. The number of sulfonamides is 1. The molecule has 0 radical (unpaired) electrons. The van der Waals surface area contributed by atoms with E-state index in [1.165, 1.54) is 17.3 Å². The standard InChI is InChI=1S/C14H21N3O3S/c1-10-8-13(5-6-14(10)15)21(19,20)17-7-3-4-12(9-17)16-11(2)18/h5-6,8,12H,3-4,7,9,15H2,1-2H3,(H,16,18). The Balaban J connectivity index is 2.22. The van der Waals surface area contributed by atoms with E-state index in [9.17, 15) is 13.2 Å². The van der Waals surface area contributed by atoms with Crippen LogP contribution in [0.4, 0.5) is 5.69 Å². The number of nitrogen functional groups attached to an aromatic ring is 1. The molecule has 0 saturated carbocycles. The molecule has 1 fully saturated rings. The second-order valence-electron chi connectivity index (χ2n) is 5.42. The smallest absolute Gasteiger partial charge is 0.243 e. The number of carbonyl (C=O) groups is 1. The molecule has 1 saturated heterocycles. The number of piperidine rings is 1. The van der Waals surface area contributed by atoms with Gasteiger partial charge in [-0.25, -0.2) is 8.42 Å². The first kappa shape index (κ1) is 15.8. The van der Waals surface area contributed by atoms with Gasteiger partial charge in [-0.2, -0.15) is 4.31 Å². The van der Waals surface area contributed by atoms with Crippen LogP contribution in [-0.2, 0) is 14.8 Å². The second-order valence-corrected chi connectivity index (χ2v) is 7.36. The van der Waals surface area contributed by atoms with Crippen molar-refractivity contribution in [3.63, 3.8) is 0 Å². The maximum absolute atomic E-state index is 12.7. The van der Waals surface area contributed by atoms with Crippen LogP contribution in [0.1, 0.15) is 25.3 Å². The maximum atomic E-state index is 12.7. The van der Waals surface area contributed by atoms with E-state index in [2.05, 4.69) is 5.32 Å². The summed E-state index contributed by atoms with van der Waals surface area (Å²) in [5.74, 6) is -0.137. The van der Waals surface area contributed by atoms with E-state index in [0.717, 1.165) is 18.4 Å². The molecule has 1 aromatic rings. The summed E-state index contributed by atoms with van der Waals surface area (Å²) in [5.41, 5.74) is 7.05. The average Bonchev–Trinajstić information content (AvgIpc) is 2.41. The third-order valence-corrected chi connectivity index (χ3v) is 5.53. The molecule has 0 aromatic heterocycles. The van der Waals surface area contributed by atoms with Crippen molar-refractivity contribution in [1.29, 1.82) is 0 Å². The summed E-state index contributed by atoms with van der Waals surface area (Å²) in [6.07, 6.45) is 1.53. The van der Waals surface area contributed by atoms with E-state index < -0.39 is 10.0 Å². The zero-order chi connectivity index (χ0) is 15.6. The quantitative estimate of drug-likeness (QED) is 0.810. The van der Waals surface area contributed by atoms with E-state index in [1.807, 2.05) is 0 Å². The molecule has 1 atom stereocenters. The molecule has 7 heteroatoms. The Bertz CT molecular complexity index is 643. The molecule has 0 bridgehead atoms. The van der Waals surface area contributed by atoms with Gasteiger partial charge in [0, 0.05) is 31.7 Å². The van der Waals surface area contributed by atoms with Crippen molar-refractivity contribution in [2.45, 2.75) is 37.6 Å². The number of benzene rings is 1. The van der Waals surface area contributed by atoms with Crippen molar-refractivity contribution in [3.05, 3.63) is 23.8 Å². The van der Waals surface area contributed by atoms with Crippen LogP contribution in [0.25, 0.3) is 0 Å². The molecule has 1 aliphatic rings. The van der Waals surface area contributed by atoms with Crippen LogP contribution in [0.3, 0.4) is 0 Å². The number of aryl methyl sites for hydroxylation is 1. The van der Waals surface area contributed by atoms with Gasteiger partial charge in [0.2, 0.25) is 15.9 Å². The van der Waals surface area contributed by atoms with Gasteiger partial charge in [-0.1, -0.05) is 0 Å². The van der Waals surface area contributed by atoms with Crippen LogP contribution in [0.2, 0.25) is 0 Å². The maximum Gasteiger partial charge on any atom is 0.243 e. The van der Waals surface area contributed by atoms with Crippen LogP contribution >= 0.6 is 0 Å². The molecule has 3 N–H and O–H groups in total. The van der Waals surface area contributed by atoms with Crippen molar-refractivity contribution >= 4 is 21.6 Å². The minimum Gasteiger partial charge on any atom is -0.399 e.